The molecule has 2 aliphatic rings. The van der Waals surface area contributed by atoms with Crippen molar-refractivity contribution in [3.8, 4) is 0 Å². The minimum Gasteiger partial charge on any atom is -0.422 e. The maximum atomic E-state index is 15.1. The number of carbonyl (C=O) groups is 2. The number of fused-ring (bicyclic) bond motifs is 1. The Bertz CT molecular complexity index is 1420. The van der Waals surface area contributed by atoms with E-state index in [1.165, 1.54) is 11.5 Å². The van der Waals surface area contributed by atoms with Crippen LogP contribution in [0, 0.1) is 5.82 Å². The molecule has 1 aliphatic heterocycles. The lowest BCUT2D eigenvalue weighted by Crippen LogP contribution is -2.43. The fourth-order valence-electron chi connectivity index (χ4n) is 4.20. The van der Waals surface area contributed by atoms with Crippen LogP contribution in [0.1, 0.15) is 36.2 Å². The van der Waals surface area contributed by atoms with E-state index in [0.717, 1.165) is 25.8 Å². The van der Waals surface area contributed by atoms with E-state index in [2.05, 4.69) is 10.1 Å². The number of esters is 1. The van der Waals surface area contributed by atoms with Gasteiger partial charge in [-0.15, -0.1) is 0 Å². The maximum absolute atomic E-state index is 15.1. The minimum absolute atomic E-state index is 0.0299. The third-order valence-corrected chi connectivity index (χ3v) is 9.49. The summed E-state index contributed by atoms with van der Waals surface area (Å²) in [7, 11) is -11.0. The first-order valence-corrected chi connectivity index (χ1v) is 15.2. The largest absolute Gasteiger partial charge is 0.422 e. The third-order valence-electron chi connectivity index (χ3n) is 6.15. The molecule has 1 saturated heterocycles. The molecule has 1 aromatic heterocycles. The number of carbonyl (C=O) groups excluding carboxylic acids is 2. The quantitative estimate of drug-likeness (QED) is 0.142. The number of benzene rings is 1. The van der Waals surface area contributed by atoms with Gasteiger partial charge in [0.15, 0.2) is 0 Å². The number of hydrogen-bond acceptors (Lipinski definition) is 9. The second-order valence-electron chi connectivity index (χ2n) is 9.14. The number of ether oxygens (including phenoxy) is 2. The first-order chi connectivity index (χ1) is 18.2. The zero-order valence-corrected chi connectivity index (χ0v) is 22.3. The summed E-state index contributed by atoms with van der Waals surface area (Å²) >= 11 is 0. The molecule has 0 bridgehead atoms. The first-order valence-electron chi connectivity index (χ1n) is 11.8. The van der Waals surface area contributed by atoms with Crippen LogP contribution >= 0.6 is 15.2 Å². The summed E-state index contributed by atoms with van der Waals surface area (Å²) in [5.74, 6) is -1.86. The fraction of sp³-hybridized carbons (Fsp3) is 0.476. The number of piperazine rings is 1. The Kier molecular flexibility index (Phi) is 8.20. The van der Waals surface area contributed by atoms with E-state index in [1.54, 1.807) is 10.6 Å². The summed E-state index contributed by atoms with van der Waals surface area (Å²) < 4.78 is 49.0. The number of alkyl carbamates (subject to hydrolysis) is 1. The van der Waals surface area contributed by atoms with Crippen molar-refractivity contribution in [2.24, 2.45) is 0 Å². The highest BCUT2D eigenvalue weighted by atomic mass is 31.2. The average Bonchev–Trinajstić information content (AvgIpc) is 3.67. The Morgan fingerprint density at radius 3 is 2.28 bits per heavy atom. The van der Waals surface area contributed by atoms with Crippen molar-refractivity contribution in [2.45, 2.75) is 37.6 Å². The molecule has 1 aromatic carbocycles. The number of nitrogens with one attached hydrogen (secondary N) is 2. The van der Waals surface area contributed by atoms with Gasteiger partial charge < -0.3 is 43.8 Å². The Morgan fingerprint density at radius 2 is 1.72 bits per heavy atom. The van der Waals surface area contributed by atoms with Gasteiger partial charge in [0.05, 0.1) is 11.2 Å². The van der Waals surface area contributed by atoms with Gasteiger partial charge in [0.1, 0.15) is 11.4 Å². The molecule has 1 aliphatic carbocycles. The summed E-state index contributed by atoms with van der Waals surface area (Å²) in [5, 5.41) is 4.49. The number of aromatic nitrogens is 1. The number of anilines is 1. The topological polar surface area (TPSA) is 217 Å². The highest BCUT2D eigenvalue weighted by Crippen LogP contribution is 2.58. The molecule has 1 unspecified atom stereocenters. The van der Waals surface area contributed by atoms with Crippen LogP contribution in [0.5, 0.6) is 0 Å². The molecule has 1 saturated carbocycles. The van der Waals surface area contributed by atoms with Crippen LogP contribution in [0.2, 0.25) is 0 Å². The van der Waals surface area contributed by atoms with Crippen molar-refractivity contribution in [3.05, 3.63) is 39.9 Å². The number of rotatable bonds is 8. The smallest absolute Gasteiger partial charge is 0.411 e. The summed E-state index contributed by atoms with van der Waals surface area (Å²) in [4.78, 5) is 76.2. The molecule has 4 rings (SSSR count). The van der Waals surface area contributed by atoms with E-state index < -0.39 is 55.9 Å². The Labute approximate surface area is 220 Å². The van der Waals surface area contributed by atoms with Crippen molar-refractivity contribution < 1.29 is 52.2 Å². The maximum Gasteiger partial charge on any atom is 0.411 e. The molecule has 1 amide bonds. The van der Waals surface area contributed by atoms with Crippen molar-refractivity contribution in [1.29, 1.82) is 0 Å². The minimum atomic E-state index is -5.49. The molecule has 2 fully saturated rings. The lowest BCUT2D eigenvalue weighted by molar-refractivity contribution is -0.0603. The zero-order valence-electron chi connectivity index (χ0n) is 20.5. The standard InChI is InChI=1S/C21H27FN4O11P2/c1-11(37-20(29)24-21(38(30,31)32)39(33,34)35)36-19(28)14-10-26(12-2-3-12)16-9-17(25-6-4-23-5-7-25)15(22)8-13(16)18(14)27/h8-12,21,23H,2-7H2,1H3,(H,24,29)(H2,30,31,32)(H2,33,34,35). The molecule has 1 atom stereocenters. The Morgan fingerprint density at radius 1 is 1.10 bits per heavy atom. The van der Waals surface area contributed by atoms with Crippen LogP contribution in [0.4, 0.5) is 14.9 Å². The third kappa shape index (κ3) is 6.67. The lowest BCUT2D eigenvalue weighted by Gasteiger charge is -2.30. The molecule has 18 heteroatoms. The van der Waals surface area contributed by atoms with E-state index >= 15 is 4.39 Å². The number of hydrogen-bond donors (Lipinski definition) is 6. The molecule has 15 nitrogen and oxygen atoms in total. The van der Waals surface area contributed by atoms with E-state index in [-0.39, 0.29) is 11.4 Å². The van der Waals surface area contributed by atoms with Crippen LogP contribution in [0.3, 0.4) is 0 Å². The second-order valence-corrected chi connectivity index (χ2v) is 12.9. The summed E-state index contributed by atoms with van der Waals surface area (Å²) in [6, 6.07) is 2.62. The average molecular weight is 592 g/mol. The van der Waals surface area contributed by atoms with Gasteiger partial charge in [-0.05, 0) is 25.0 Å². The number of pyridine rings is 1. The molecule has 2 heterocycles. The predicted octanol–water partition coefficient (Wildman–Crippen LogP) is 0.753. The van der Waals surface area contributed by atoms with Gasteiger partial charge in [0, 0.05) is 50.7 Å². The Hall–Kier alpha value is -2.84. The summed E-state index contributed by atoms with van der Waals surface area (Å²) in [5.41, 5.74) is -3.39. The van der Waals surface area contributed by atoms with Gasteiger partial charge in [-0.25, -0.2) is 14.0 Å². The molecule has 2 aromatic rings. The first kappa shape index (κ1) is 29.2. The summed E-state index contributed by atoms with van der Waals surface area (Å²) in [6.45, 7) is 3.54. The van der Waals surface area contributed by atoms with Gasteiger partial charge in [-0.3, -0.25) is 19.2 Å². The van der Waals surface area contributed by atoms with Crippen LogP contribution in [-0.2, 0) is 18.6 Å². The summed E-state index contributed by atoms with van der Waals surface area (Å²) in [6.07, 6.45) is -0.625. The molecular formula is C21H27FN4O11P2. The van der Waals surface area contributed by atoms with E-state index in [0.29, 0.717) is 37.4 Å². The normalized spacial score (nSPS) is 17.3. The van der Waals surface area contributed by atoms with Crippen molar-refractivity contribution in [2.75, 3.05) is 31.1 Å². The van der Waals surface area contributed by atoms with Gasteiger partial charge >= 0.3 is 27.3 Å². The fourth-order valence-corrected chi connectivity index (χ4v) is 6.31. The highest BCUT2D eigenvalue weighted by Gasteiger charge is 2.45. The van der Waals surface area contributed by atoms with Gasteiger partial charge in [-0.2, -0.15) is 0 Å². The predicted molar refractivity (Wildman–Crippen MR) is 134 cm³/mol. The lowest BCUT2D eigenvalue weighted by atomic mass is 10.1. The molecule has 6 N–H and O–H groups in total. The number of nitrogens with zero attached hydrogens (tertiary/aromatic N) is 2. The molecule has 0 spiro atoms. The van der Waals surface area contributed by atoms with Crippen molar-refractivity contribution in [3.63, 3.8) is 0 Å². The number of amides is 1. The van der Waals surface area contributed by atoms with Crippen molar-refractivity contribution >= 4 is 43.8 Å². The Balaban J connectivity index is 1.56. The van der Waals surface area contributed by atoms with Gasteiger partial charge in [0.2, 0.25) is 17.2 Å². The SMILES string of the molecule is CC(OC(=O)NC(P(=O)(O)O)P(=O)(O)O)OC(=O)c1cn(C2CC2)c2cc(N3CCNCC3)c(F)cc2c1=O. The van der Waals surface area contributed by atoms with Gasteiger partial charge in [0.25, 0.3) is 0 Å². The van der Waals surface area contributed by atoms with Crippen LogP contribution in [0.25, 0.3) is 10.9 Å². The number of halogens is 1. The van der Waals surface area contributed by atoms with Gasteiger partial charge in [-0.1, -0.05) is 0 Å². The van der Waals surface area contributed by atoms with Crippen LogP contribution in [0.15, 0.2) is 23.1 Å². The monoisotopic (exact) mass is 592 g/mol. The zero-order chi connectivity index (χ0) is 28.7. The molecule has 214 valence electrons. The van der Waals surface area contributed by atoms with Crippen LogP contribution in [-0.4, -0.2) is 74.2 Å². The second kappa shape index (κ2) is 11.0. The molecule has 39 heavy (non-hydrogen) atoms. The van der Waals surface area contributed by atoms with E-state index in [1.807, 2.05) is 4.90 Å². The van der Waals surface area contributed by atoms with Crippen molar-refractivity contribution in [1.82, 2.24) is 15.2 Å². The van der Waals surface area contributed by atoms with E-state index in [9.17, 15) is 23.5 Å². The van der Waals surface area contributed by atoms with Crippen LogP contribution < -0.4 is 21.0 Å². The molecule has 0 radical (unpaired) electrons. The van der Waals surface area contributed by atoms with E-state index in [4.69, 9.17) is 24.3 Å². The molecular weight excluding hydrogens is 565 g/mol. The highest BCUT2D eigenvalue weighted by molar-refractivity contribution is 7.70.